The van der Waals surface area contributed by atoms with Crippen LogP contribution in [-0.4, -0.2) is 39.4 Å². The summed E-state index contributed by atoms with van der Waals surface area (Å²) in [5.74, 6) is 0.883. The Balaban J connectivity index is 1.77. The van der Waals surface area contributed by atoms with Gasteiger partial charge in [0.25, 0.3) is 0 Å². The fourth-order valence-corrected chi connectivity index (χ4v) is 3.22. The van der Waals surface area contributed by atoms with Crippen LogP contribution in [-0.2, 0) is 13.6 Å². The molecule has 1 N–H and O–H groups in total. The largest absolute Gasteiger partial charge is 0.311 e. The molecule has 1 aromatic heterocycles. The third-order valence-corrected chi connectivity index (χ3v) is 4.61. The average molecular weight is 248 g/mol. The second-order valence-electron chi connectivity index (χ2n) is 6.32. The molecule has 1 aliphatic heterocycles. The van der Waals surface area contributed by atoms with Gasteiger partial charge in [-0.2, -0.15) is 5.10 Å². The molecule has 0 spiro atoms. The third-order valence-electron chi connectivity index (χ3n) is 4.61. The van der Waals surface area contributed by atoms with Crippen molar-refractivity contribution in [3.63, 3.8) is 0 Å². The highest BCUT2D eigenvalue weighted by molar-refractivity contribution is 5.09. The Hall–Kier alpha value is -0.870. The van der Waals surface area contributed by atoms with Crippen molar-refractivity contribution in [2.45, 2.75) is 44.8 Å². The van der Waals surface area contributed by atoms with E-state index >= 15 is 0 Å². The van der Waals surface area contributed by atoms with Crippen LogP contribution >= 0.6 is 0 Å². The van der Waals surface area contributed by atoms with Gasteiger partial charge in [0.1, 0.15) is 0 Å². The molecule has 1 aliphatic carbocycles. The summed E-state index contributed by atoms with van der Waals surface area (Å²) < 4.78 is 1.90. The van der Waals surface area contributed by atoms with E-state index in [1.54, 1.807) is 0 Å². The highest BCUT2D eigenvalue weighted by Gasteiger charge is 2.47. The van der Waals surface area contributed by atoms with Crippen molar-refractivity contribution >= 4 is 0 Å². The molecule has 0 radical (unpaired) electrons. The van der Waals surface area contributed by atoms with E-state index in [9.17, 15) is 0 Å². The second-order valence-corrected chi connectivity index (χ2v) is 6.32. The molecule has 100 valence electrons. The summed E-state index contributed by atoms with van der Waals surface area (Å²) in [6.45, 7) is 8.01. The van der Waals surface area contributed by atoms with Gasteiger partial charge >= 0.3 is 0 Å². The minimum Gasteiger partial charge on any atom is -0.311 e. The van der Waals surface area contributed by atoms with E-state index in [0.29, 0.717) is 11.6 Å². The summed E-state index contributed by atoms with van der Waals surface area (Å²) in [6.07, 6.45) is 6.94. The summed E-state index contributed by atoms with van der Waals surface area (Å²) >= 11 is 0. The highest BCUT2D eigenvalue weighted by Crippen LogP contribution is 2.44. The first-order valence-electron chi connectivity index (χ1n) is 7.04. The first kappa shape index (κ1) is 12.2. The predicted molar refractivity (Wildman–Crippen MR) is 72.2 cm³/mol. The molecule has 1 aromatic rings. The molecule has 0 bridgehead atoms. The molecule has 2 fully saturated rings. The normalized spacial score (nSPS) is 33.8. The van der Waals surface area contributed by atoms with Crippen LogP contribution in [0.5, 0.6) is 0 Å². The third kappa shape index (κ3) is 2.19. The zero-order chi connectivity index (χ0) is 12.8. The van der Waals surface area contributed by atoms with E-state index in [1.807, 2.05) is 17.9 Å². The van der Waals surface area contributed by atoms with Crippen LogP contribution in [0, 0.1) is 5.92 Å². The number of rotatable bonds is 3. The number of hydrogen-bond acceptors (Lipinski definition) is 3. The summed E-state index contributed by atoms with van der Waals surface area (Å²) in [6, 6.07) is 0.591. The Kier molecular flexibility index (Phi) is 2.94. The summed E-state index contributed by atoms with van der Waals surface area (Å²) in [4.78, 5) is 2.67. The second kappa shape index (κ2) is 4.35. The van der Waals surface area contributed by atoms with Gasteiger partial charge in [-0.15, -0.1) is 0 Å². The van der Waals surface area contributed by atoms with Crippen LogP contribution < -0.4 is 5.32 Å². The van der Waals surface area contributed by atoms with E-state index in [-0.39, 0.29) is 0 Å². The van der Waals surface area contributed by atoms with Crippen LogP contribution in [0.4, 0.5) is 0 Å². The van der Waals surface area contributed by atoms with Crippen molar-refractivity contribution in [2.24, 2.45) is 13.0 Å². The Morgan fingerprint density at radius 1 is 1.50 bits per heavy atom. The Bertz CT molecular complexity index is 423. The van der Waals surface area contributed by atoms with Gasteiger partial charge in [0.2, 0.25) is 0 Å². The minimum absolute atomic E-state index is 0.336. The SMILES string of the molecule is CC1CN(Cc2cnn(C)c2)C(C)(C2CC2)CN1. The lowest BCUT2D eigenvalue weighted by atomic mass is 9.89. The molecule has 2 aliphatic rings. The summed E-state index contributed by atoms with van der Waals surface area (Å²) in [7, 11) is 1.99. The van der Waals surface area contributed by atoms with Crippen molar-refractivity contribution < 1.29 is 0 Å². The molecule has 2 atom stereocenters. The lowest BCUT2D eigenvalue weighted by Gasteiger charge is -2.48. The fraction of sp³-hybridized carbons (Fsp3) is 0.786. The topological polar surface area (TPSA) is 33.1 Å². The number of aromatic nitrogens is 2. The van der Waals surface area contributed by atoms with Crippen LogP contribution in [0.25, 0.3) is 0 Å². The van der Waals surface area contributed by atoms with Crippen molar-refractivity contribution in [3.8, 4) is 0 Å². The molecule has 4 nitrogen and oxygen atoms in total. The molecular weight excluding hydrogens is 224 g/mol. The summed E-state index contributed by atoms with van der Waals surface area (Å²) in [5.41, 5.74) is 1.67. The van der Waals surface area contributed by atoms with E-state index in [2.05, 4.69) is 35.4 Å². The predicted octanol–water partition coefficient (Wildman–Crippen LogP) is 1.38. The molecule has 2 unspecified atom stereocenters. The first-order valence-corrected chi connectivity index (χ1v) is 7.04. The van der Waals surface area contributed by atoms with E-state index in [1.165, 1.54) is 18.4 Å². The number of aryl methyl sites for hydroxylation is 1. The Morgan fingerprint density at radius 3 is 2.89 bits per heavy atom. The van der Waals surface area contributed by atoms with Gasteiger partial charge in [-0.1, -0.05) is 0 Å². The van der Waals surface area contributed by atoms with Crippen LogP contribution in [0.1, 0.15) is 32.3 Å². The number of hydrogen-bond donors (Lipinski definition) is 1. The van der Waals surface area contributed by atoms with Crippen molar-refractivity contribution in [1.29, 1.82) is 0 Å². The molecular formula is C14H24N4. The maximum absolute atomic E-state index is 4.28. The molecule has 3 rings (SSSR count). The van der Waals surface area contributed by atoms with Crippen LogP contribution in [0.15, 0.2) is 12.4 Å². The van der Waals surface area contributed by atoms with Crippen molar-refractivity contribution in [3.05, 3.63) is 18.0 Å². The maximum atomic E-state index is 4.28. The molecule has 1 saturated carbocycles. The van der Waals surface area contributed by atoms with Gasteiger partial charge < -0.3 is 5.32 Å². The lowest BCUT2D eigenvalue weighted by Crippen LogP contribution is -2.63. The van der Waals surface area contributed by atoms with Crippen LogP contribution in [0.2, 0.25) is 0 Å². The first-order chi connectivity index (χ1) is 8.58. The smallest absolute Gasteiger partial charge is 0.0534 e. The Labute approximate surface area is 109 Å². The number of piperazine rings is 1. The van der Waals surface area contributed by atoms with Crippen molar-refractivity contribution in [1.82, 2.24) is 20.0 Å². The monoisotopic (exact) mass is 248 g/mol. The molecule has 4 heteroatoms. The van der Waals surface area contributed by atoms with Gasteiger partial charge in [0.15, 0.2) is 0 Å². The summed E-state index contributed by atoms with van der Waals surface area (Å²) in [5, 5.41) is 7.94. The highest BCUT2D eigenvalue weighted by atomic mass is 15.3. The number of nitrogens with zero attached hydrogens (tertiary/aromatic N) is 3. The van der Waals surface area contributed by atoms with Gasteiger partial charge in [-0.25, -0.2) is 0 Å². The minimum atomic E-state index is 0.336. The number of nitrogens with one attached hydrogen (secondary N) is 1. The molecule has 18 heavy (non-hydrogen) atoms. The zero-order valence-corrected chi connectivity index (χ0v) is 11.7. The van der Waals surface area contributed by atoms with Gasteiger partial charge in [0, 0.05) is 50.0 Å². The molecule has 0 aromatic carbocycles. The zero-order valence-electron chi connectivity index (χ0n) is 11.7. The maximum Gasteiger partial charge on any atom is 0.0534 e. The fourth-order valence-electron chi connectivity index (χ4n) is 3.22. The van der Waals surface area contributed by atoms with Gasteiger partial charge in [-0.05, 0) is 32.6 Å². The van der Waals surface area contributed by atoms with Gasteiger partial charge in [0.05, 0.1) is 6.20 Å². The molecule has 0 amide bonds. The van der Waals surface area contributed by atoms with E-state index in [4.69, 9.17) is 0 Å². The standard InChI is InChI=1S/C14H24N4/c1-11-7-18(9-12-6-16-17(3)8-12)14(2,10-15-11)13-4-5-13/h6,8,11,13,15H,4-5,7,9-10H2,1-3H3. The molecule has 1 saturated heterocycles. The van der Waals surface area contributed by atoms with Crippen LogP contribution in [0.3, 0.4) is 0 Å². The Morgan fingerprint density at radius 2 is 2.28 bits per heavy atom. The van der Waals surface area contributed by atoms with E-state index in [0.717, 1.165) is 25.6 Å². The quantitative estimate of drug-likeness (QED) is 0.877. The average Bonchev–Trinajstić information content (AvgIpc) is 3.10. The lowest BCUT2D eigenvalue weighted by molar-refractivity contribution is 0.0312. The molecule has 2 heterocycles. The van der Waals surface area contributed by atoms with E-state index < -0.39 is 0 Å². The van der Waals surface area contributed by atoms with Gasteiger partial charge in [-0.3, -0.25) is 9.58 Å². The van der Waals surface area contributed by atoms with Crippen molar-refractivity contribution in [2.75, 3.05) is 13.1 Å².